The number of aromatic nitrogens is 2. The number of imidazole rings is 1. The van der Waals surface area contributed by atoms with Crippen molar-refractivity contribution in [3.05, 3.63) is 58.9 Å². The van der Waals surface area contributed by atoms with Gasteiger partial charge in [0.05, 0.1) is 45.9 Å². The van der Waals surface area contributed by atoms with Crippen LogP contribution in [0.5, 0.6) is 0 Å². The fourth-order valence-electron chi connectivity index (χ4n) is 4.30. The van der Waals surface area contributed by atoms with E-state index in [9.17, 15) is 9.59 Å². The molecule has 0 spiro atoms. The molecular formula is C23H20B4F2N4O4. The summed E-state index contributed by atoms with van der Waals surface area (Å²) in [6, 6.07) is 5.36. The van der Waals surface area contributed by atoms with E-state index in [2.05, 4.69) is 10.3 Å². The predicted molar refractivity (Wildman–Crippen MR) is 135 cm³/mol. The number of morpholine rings is 1. The Bertz CT molecular complexity index is 1380. The van der Waals surface area contributed by atoms with Crippen LogP contribution < -0.4 is 5.32 Å². The lowest BCUT2D eigenvalue weighted by Crippen LogP contribution is -2.74. The number of nitrogens with zero attached hydrogens (tertiary/aromatic N) is 3. The average Bonchev–Trinajstić information content (AvgIpc) is 3.16. The molecule has 3 aromatic rings. The molecule has 0 aliphatic carbocycles. The molecule has 1 aliphatic rings. The van der Waals surface area contributed by atoms with Crippen molar-refractivity contribution in [3.8, 4) is 11.3 Å². The van der Waals surface area contributed by atoms with Crippen molar-refractivity contribution in [2.24, 2.45) is 0 Å². The number of benzene rings is 1. The van der Waals surface area contributed by atoms with E-state index >= 15 is 8.78 Å². The first-order valence-electron chi connectivity index (χ1n) is 11.2. The molecule has 8 radical (unpaired) electrons. The minimum absolute atomic E-state index is 0.0331. The molecule has 14 heteroatoms. The van der Waals surface area contributed by atoms with Gasteiger partial charge >= 0.3 is 6.09 Å². The van der Waals surface area contributed by atoms with E-state index in [4.69, 9.17) is 40.9 Å². The molecule has 3 heterocycles. The lowest BCUT2D eigenvalue weighted by Gasteiger charge is -2.57. The van der Waals surface area contributed by atoms with Gasteiger partial charge in [0.1, 0.15) is 33.0 Å². The van der Waals surface area contributed by atoms with E-state index in [1.807, 2.05) is 6.92 Å². The highest BCUT2D eigenvalue weighted by Crippen LogP contribution is 2.35. The molecule has 1 N–H and O–H groups in total. The predicted octanol–water partition coefficient (Wildman–Crippen LogP) is 0.939. The molecule has 182 valence electrons. The Labute approximate surface area is 217 Å². The molecule has 1 atom stereocenters. The number of carbonyl (C=O) groups excluding carboxylic acids is 2. The van der Waals surface area contributed by atoms with Crippen molar-refractivity contribution in [2.75, 3.05) is 20.7 Å². The molecule has 0 bridgehead atoms. The van der Waals surface area contributed by atoms with Crippen LogP contribution in [0.2, 0.25) is 0 Å². The number of ether oxygens (including phenoxy) is 2. The van der Waals surface area contributed by atoms with Crippen LogP contribution in [-0.4, -0.2) is 95.2 Å². The van der Waals surface area contributed by atoms with E-state index in [0.29, 0.717) is 11.3 Å². The zero-order valence-corrected chi connectivity index (χ0v) is 20.4. The van der Waals surface area contributed by atoms with Gasteiger partial charge in [-0.1, -0.05) is 0 Å². The molecule has 4 rings (SSSR count). The Kier molecular flexibility index (Phi) is 6.92. The minimum atomic E-state index is -2.20. The summed E-state index contributed by atoms with van der Waals surface area (Å²) >= 11 is 0. The number of aryl methyl sites for hydroxylation is 1. The molecule has 0 unspecified atom stereocenters. The summed E-state index contributed by atoms with van der Waals surface area (Å²) in [5, 5.41) is -2.00. The third-order valence-electron chi connectivity index (χ3n) is 6.29. The largest absolute Gasteiger partial charge is 0.453 e. The summed E-state index contributed by atoms with van der Waals surface area (Å²) in [6.07, 6.45) is -0.199. The number of pyridine rings is 1. The highest BCUT2D eigenvalue weighted by Gasteiger charge is 2.49. The van der Waals surface area contributed by atoms with Crippen LogP contribution in [0.3, 0.4) is 0 Å². The number of hydrogen-bond acceptors (Lipinski definition) is 5. The molecule has 2 aromatic heterocycles. The van der Waals surface area contributed by atoms with Crippen LogP contribution >= 0.6 is 0 Å². The van der Waals surface area contributed by atoms with Gasteiger partial charge in [-0.05, 0) is 47.5 Å². The van der Waals surface area contributed by atoms with Crippen LogP contribution in [0.1, 0.15) is 21.6 Å². The van der Waals surface area contributed by atoms with E-state index in [1.165, 1.54) is 7.05 Å². The monoisotopic (exact) mass is 498 g/mol. The molecule has 0 saturated carbocycles. The SMILES string of the molecule is [B]C1([B])O[C@@H](Cc2c(-c3c(F)cc(C(=O)NC)cc3F)nc3cc(C)ccn23)CN(C(=O)OC)C1([B])[B]. The Morgan fingerprint density at radius 2 is 1.86 bits per heavy atom. The maximum atomic E-state index is 15.3. The Morgan fingerprint density at radius 1 is 1.22 bits per heavy atom. The first-order valence-corrected chi connectivity index (χ1v) is 11.2. The maximum absolute atomic E-state index is 15.3. The molecule has 2 amide bonds. The number of halogens is 2. The number of methoxy groups -OCH3 is 1. The summed E-state index contributed by atoms with van der Waals surface area (Å²) in [5.41, 5.74) is 0.921. The molecule has 1 aromatic carbocycles. The van der Waals surface area contributed by atoms with Crippen molar-refractivity contribution in [3.63, 3.8) is 0 Å². The Hall–Kier alpha value is -3.27. The first-order chi connectivity index (χ1) is 17.3. The van der Waals surface area contributed by atoms with Gasteiger partial charge < -0.3 is 24.1 Å². The lowest BCUT2D eigenvalue weighted by molar-refractivity contribution is -0.0886. The fourth-order valence-corrected chi connectivity index (χ4v) is 4.30. The molecule has 1 aliphatic heterocycles. The first kappa shape index (κ1) is 26.8. The maximum Gasteiger partial charge on any atom is 0.408 e. The zero-order chi connectivity index (χ0) is 27.3. The molecular weight excluding hydrogens is 478 g/mol. The van der Waals surface area contributed by atoms with Gasteiger partial charge in [0, 0.05) is 31.8 Å². The van der Waals surface area contributed by atoms with Crippen molar-refractivity contribution in [1.29, 1.82) is 0 Å². The van der Waals surface area contributed by atoms with Crippen molar-refractivity contribution in [2.45, 2.75) is 30.2 Å². The third-order valence-corrected chi connectivity index (χ3v) is 6.29. The highest BCUT2D eigenvalue weighted by molar-refractivity contribution is 6.54. The quantitative estimate of drug-likeness (QED) is 0.543. The third kappa shape index (κ3) is 4.63. The number of fused-ring (bicyclic) bond motifs is 1. The van der Waals surface area contributed by atoms with Gasteiger partial charge in [-0.3, -0.25) is 4.79 Å². The Balaban J connectivity index is 1.84. The smallest absolute Gasteiger partial charge is 0.408 e. The van der Waals surface area contributed by atoms with Gasteiger partial charge in [0.25, 0.3) is 5.91 Å². The van der Waals surface area contributed by atoms with Crippen LogP contribution in [0.4, 0.5) is 13.6 Å². The molecule has 37 heavy (non-hydrogen) atoms. The summed E-state index contributed by atoms with van der Waals surface area (Å²) in [4.78, 5) is 29.7. The fraction of sp³-hybridized carbons (Fsp3) is 0.348. The zero-order valence-electron chi connectivity index (χ0n) is 20.4. The van der Waals surface area contributed by atoms with Crippen molar-refractivity contribution in [1.82, 2.24) is 19.6 Å². The number of hydrogen-bond donors (Lipinski definition) is 1. The number of amides is 2. The summed E-state index contributed by atoms with van der Waals surface area (Å²) in [5.74, 6) is -2.63. The highest BCUT2D eigenvalue weighted by atomic mass is 19.1. The van der Waals surface area contributed by atoms with Crippen LogP contribution in [0, 0.1) is 18.6 Å². The average molecular weight is 498 g/mol. The molecule has 1 fully saturated rings. The topological polar surface area (TPSA) is 85.2 Å². The van der Waals surface area contributed by atoms with Gasteiger partial charge in [-0.2, -0.15) is 0 Å². The number of nitrogens with one attached hydrogen (secondary N) is 1. The van der Waals surface area contributed by atoms with Crippen molar-refractivity contribution >= 4 is 49.0 Å². The summed E-state index contributed by atoms with van der Waals surface area (Å²) in [7, 11) is 26.5. The van der Waals surface area contributed by atoms with Gasteiger partial charge in [0.15, 0.2) is 0 Å². The standard InChI is InChI=1S/C23H20B4F2N4O4/c1-11-4-5-32-16(9-13-10-33(21(35)36-3)22(24,25)23(26,27)37-13)19(31-17(32)6-11)18-14(28)7-12(8-15(18)29)20(34)30-2/h4-8,13H,9-10H2,1-3H3,(H,30,34)/t13-/m0/s1. The lowest BCUT2D eigenvalue weighted by atomic mass is 9.38. The van der Waals surface area contributed by atoms with Gasteiger partial charge in [-0.15, -0.1) is 0 Å². The van der Waals surface area contributed by atoms with Gasteiger partial charge in [-0.25, -0.2) is 18.6 Å². The minimum Gasteiger partial charge on any atom is -0.453 e. The Morgan fingerprint density at radius 3 is 2.46 bits per heavy atom. The van der Waals surface area contributed by atoms with E-state index < -0.39 is 46.0 Å². The van der Waals surface area contributed by atoms with Crippen molar-refractivity contribution < 1.29 is 27.8 Å². The van der Waals surface area contributed by atoms with E-state index in [1.54, 1.807) is 22.7 Å². The second-order valence-electron chi connectivity index (χ2n) is 8.88. The molecule has 1 saturated heterocycles. The van der Waals surface area contributed by atoms with Crippen LogP contribution in [0.15, 0.2) is 30.5 Å². The summed E-state index contributed by atoms with van der Waals surface area (Å²) in [6.45, 7) is 1.64. The second kappa shape index (κ2) is 9.55. The van der Waals surface area contributed by atoms with E-state index in [0.717, 1.165) is 29.7 Å². The van der Waals surface area contributed by atoms with Crippen LogP contribution in [-0.2, 0) is 15.9 Å². The van der Waals surface area contributed by atoms with Crippen LogP contribution in [0.25, 0.3) is 16.9 Å². The molecule has 8 nitrogen and oxygen atoms in total. The number of carbonyl (C=O) groups is 2. The van der Waals surface area contributed by atoms with E-state index in [-0.39, 0.29) is 24.2 Å². The summed E-state index contributed by atoms with van der Waals surface area (Å²) < 4.78 is 42.6. The second-order valence-corrected chi connectivity index (χ2v) is 8.88. The number of rotatable bonds is 4. The normalized spacial score (nSPS) is 18.5. The van der Waals surface area contributed by atoms with Gasteiger partial charge in [0.2, 0.25) is 0 Å².